The van der Waals surface area contributed by atoms with Crippen molar-refractivity contribution in [3.05, 3.63) is 40.2 Å². The first-order valence-corrected chi connectivity index (χ1v) is 5.36. The second-order valence-corrected chi connectivity index (χ2v) is 4.21. The van der Waals surface area contributed by atoms with Crippen molar-refractivity contribution in [3.63, 3.8) is 0 Å². The predicted molar refractivity (Wildman–Crippen MR) is 56.4 cm³/mol. The SMILES string of the molecule is O=c1[nH][nH]c2c1SCc1ccccc1-2. The molecule has 0 unspecified atom stereocenters. The molecule has 0 bridgehead atoms. The van der Waals surface area contributed by atoms with E-state index < -0.39 is 0 Å². The first-order valence-electron chi connectivity index (χ1n) is 4.38. The van der Waals surface area contributed by atoms with Gasteiger partial charge in [-0.25, -0.2) is 0 Å². The summed E-state index contributed by atoms with van der Waals surface area (Å²) in [5.74, 6) is 0.879. The lowest BCUT2D eigenvalue weighted by atomic mass is 10.1. The fourth-order valence-electron chi connectivity index (χ4n) is 1.71. The Labute approximate surface area is 84.5 Å². The third-order valence-electron chi connectivity index (χ3n) is 2.39. The van der Waals surface area contributed by atoms with Crippen molar-refractivity contribution in [1.29, 1.82) is 0 Å². The maximum absolute atomic E-state index is 11.4. The Hall–Kier alpha value is -1.42. The van der Waals surface area contributed by atoms with Gasteiger partial charge in [-0.2, -0.15) is 0 Å². The number of hydrogen-bond donors (Lipinski definition) is 2. The lowest BCUT2D eigenvalue weighted by molar-refractivity contribution is 1.06. The zero-order valence-corrected chi connectivity index (χ0v) is 8.15. The Balaban J connectivity index is 2.34. The van der Waals surface area contributed by atoms with Gasteiger partial charge in [-0.3, -0.25) is 15.0 Å². The summed E-state index contributed by atoms with van der Waals surface area (Å²) in [4.78, 5) is 12.2. The first-order chi connectivity index (χ1) is 6.86. The van der Waals surface area contributed by atoms with Gasteiger partial charge in [-0.15, -0.1) is 11.8 Å². The maximum atomic E-state index is 11.4. The molecule has 0 radical (unpaired) electrons. The molecule has 1 aromatic heterocycles. The normalized spacial score (nSPS) is 13.4. The number of aromatic nitrogens is 2. The van der Waals surface area contributed by atoms with Crippen LogP contribution in [0.2, 0.25) is 0 Å². The van der Waals surface area contributed by atoms with Crippen LogP contribution in [0.4, 0.5) is 0 Å². The molecule has 0 fully saturated rings. The van der Waals surface area contributed by atoms with Crippen LogP contribution in [0.5, 0.6) is 0 Å². The van der Waals surface area contributed by atoms with E-state index in [1.165, 1.54) is 5.56 Å². The standard InChI is InChI=1S/C10H8N2OS/c13-10-9-8(11-12-10)7-4-2-1-3-6(7)5-14-9/h1-4H,5H2,(H2,11,12,13). The van der Waals surface area contributed by atoms with Gasteiger partial charge < -0.3 is 0 Å². The molecule has 0 saturated carbocycles. The molecule has 2 heterocycles. The number of aromatic amines is 2. The Bertz CT molecular complexity index is 541. The Morgan fingerprint density at radius 3 is 3.00 bits per heavy atom. The summed E-state index contributed by atoms with van der Waals surface area (Å²) in [6.07, 6.45) is 0. The molecule has 4 heteroatoms. The fourth-order valence-corrected chi connectivity index (χ4v) is 2.75. The van der Waals surface area contributed by atoms with Crippen LogP contribution in [-0.2, 0) is 5.75 Å². The molecule has 3 nitrogen and oxygen atoms in total. The van der Waals surface area contributed by atoms with Crippen molar-refractivity contribution in [1.82, 2.24) is 10.2 Å². The molecule has 0 amide bonds. The van der Waals surface area contributed by atoms with E-state index in [0.717, 1.165) is 21.9 Å². The van der Waals surface area contributed by atoms with Gasteiger partial charge in [-0.1, -0.05) is 24.3 Å². The lowest BCUT2D eigenvalue weighted by Crippen LogP contribution is -2.03. The second kappa shape index (κ2) is 2.78. The summed E-state index contributed by atoms with van der Waals surface area (Å²) in [5, 5.41) is 5.54. The molecule has 0 aliphatic carbocycles. The lowest BCUT2D eigenvalue weighted by Gasteiger charge is -2.13. The molecule has 1 aliphatic rings. The van der Waals surface area contributed by atoms with Gasteiger partial charge in [0, 0.05) is 11.3 Å². The van der Waals surface area contributed by atoms with E-state index in [1.807, 2.05) is 18.2 Å². The first kappa shape index (κ1) is 7.94. The second-order valence-electron chi connectivity index (χ2n) is 3.23. The average molecular weight is 204 g/mol. The number of thioether (sulfide) groups is 1. The molecule has 2 N–H and O–H groups in total. The van der Waals surface area contributed by atoms with Gasteiger partial charge >= 0.3 is 0 Å². The van der Waals surface area contributed by atoms with E-state index in [9.17, 15) is 4.79 Å². The van der Waals surface area contributed by atoms with Crippen LogP contribution >= 0.6 is 11.8 Å². The van der Waals surface area contributed by atoms with Crippen LogP contribution in [0.25, 0.3) is 11.3 Å². The minimum atomic E-state index is -0.0143. The van der Waals surface area contributed by atoms with Crippen molar-refractivity contribution in [2.45, 2.75) is 10.6 Å². The van der Waals surface area contributed by atoms with Gasteiger partial charge in [0.05, 0.1) is 10.6 Å². The fraction of sp³-hybridized carbons (Fsp3) is 0.100. The molecule has 70 valence electrons. The topological polar surface area (TPSA) is 48.6 Å². The molecule has 1 aliphatic heterocycles. The predicted octanol–water partition coefficient (Wildman–Crippen LogP) is 1.98. The highest BCUT2D eigenvalue weighted by Crippen LogP contribution is 2.37. The zero-order chi connectivity index (χ0) is 9.54. The Morgan fingerprint density at radius 1 is 1.21 bits per heavy atom. The highest BCUT2D eigenvalue weighted by molar-refractivity contribution is 7.98. The van der Waals surface area contributed by atoms with Gasteiger partial charge in [0.2, 0.25) is 0 Å². The number of nitrogens with one attached hydrogen (secondary N) is 2. The van der Waals surface area contributed by atoms with Crippen molar-refractivity contribution in [3.8, 4) is 11.3 Å². The van der Waals surface area contributed by atoms with Crippen molar-refractivity contribution < 1.29 is 0 Å². The monoisotopic (exact) mass is 204 g/mol. The summed E-state index contributed by atoms with van der Waals surface area (Å²) in [5.41, 5.74) is 3.33. The smallest absolute Gasteiger partial charge is 0.278 e. The van der Waals surface area contributed by atoms with E-state index in [2.05, 4.69) is 16.3 Å². The third-order valence-corrected chi connectivity index (χ3v) is 3.53. The van der Waals surface area contributed by atoms with E-state index >= 15 is 0 Å². The quantitative estimate of drug-likeness (QED) is 0.689. The molecule has 14 heavy (non-hydrogen) atoms. The van der Waals surface area contributed by atoms with Crippen LogP contribution < -0.4 is 5.56 Å². The molecule has 3 rings (SSSR count). The third kappa shape index (κ3) is 0.974. The number of fused-ring (bicyclic) bond motifs is 3. The summed E-state index contributed by atoms with van der Waals surface area (Å²) in [6.45, 7) is 0. The Kier molecular flexibility index (Phi) is 1.58. The van der Waals surface area contributed by atoms with E-state index in [4.69, 9.17) is 0 Å². The molecule has 0 saturated heterocycles. The maximum Gasteiger partial charge on any atom is 0.278 e. The average Bonchev–Trinajstić information content (AvgIpc) is 2.61. The number of H-pyrrole nitrogens is 2. The summed E-state index contributed by atoms with van der Waals surface area (Å²) in [6, 6.07) is 8.15. The molecule has 2 aromatic rings. The van der Waals surface area contributed by atoms with Gasteiger partial charge in [0.1, 0.15) is 0 Å². The van der Waals surface area contributed by atoms with Gasteiger partial charge in [0.15, 0.2) is 0 Å². The minimum absolute atomic E-state index is 0.0143. The minimum Gasteiger partial charge on any atom is -0.296 e. The molecular formula is C10H8N2OS. The van der Waals surface area contributed by atoms with Crippen molar-refractivity contribution in [2.24, 2.45) is 0 Å². The molecule has 0 atom stereocenters. The van der Waals surface area contributed by atoms with Crippen LogP contribution in [0.3, 0.4) is 0 Å². The number of rotatable bonds is 0. The highest BCUT2D eigenvalue weighted by atomic mass is 32.2. The van der Waals surface area contributed by atoms with Crippen LogP contribution in [0, 0.1) is 0 Å². The van der Waals surface area contributed by atoms with Crippen molar-refractivity contribution in [2.75, 3.05) is 0 Å². The molecular weight excluding hydrogens is 196 g/mol. The summed E-state index contributed by atoms with van der Waals surface area (Å²) < 4.78 is 0. The highest BCUT2D eigenvalue weighted by Gasteiger charge is 2.19. The Morgan fingerprint density at radius 2 is 2.07 bits per heavy atom. The van der Waals surface area contributed by atoms with Crippen LogP contribution in [0.15, 0.2) is 34.0 Å². The summed E-state index contributed by atoms with van der Waals surface area (Å²) in [7, 11) is 0. The number of benzene rings is 1. The van der Waals surface area contributed by atoms with E-state index in [1.54, 1.807) is 11.8 Å². The van der Waals surface area contributed by atoms with E-state index in [-0.39, 0.29) is 5.56 Å². The van der Waals surface area contributed by atoms with E-state index in [0.29, 0.717) is 0 Å². The summed E-state index contributed by atoms with van der Waals surface area (Å²) >= 11 is 1.59. The number of hydrogen-bond acceptors (Lipinski definition) is 2. The van der Waals surface area contributed by atoms with Gasteiger partial charge in [-0.05, 0) is 5.56 Å². The molecule has 1 aromatic carbocycles. The van der Waals surface area contributed by atoms with Crippen molar-refractivity contribution >= 4 is 11.8 Å². The van der Waals surface area contributed by atoms with Crippen LogP contribution in [-0.4, -0.2) is 10.2 Å². The largest absolute Gasteiger partial charge is 0.296 e. The van der Waals surface area contributed by atoms with Crippen LogP contribution in [0.1, 0.15) is 5.56 Å². The molecule has 0 spiro atoms. The zero-order valence-electron chi connectivity index (χ0n) is 7.33. The van der Waals surface area contributed by atoms with Gasteiger partial charge in [0.25, 0.3) is 5.56 Å².